The summed E-state index contributed by atoms with van der Waals surface area (Å²) in [7, 11) is 3.99. The van der Waals surface area contributed by atoms with E-state index in [0.29, 0.717) is 0 Å². The van der Waals surface area contributed by atoms with E-state index in [9.17, 15) is 4.79 Å². The molecule has 2 spiro atoms. The van der Waals surface area contributed by atoms with Crippen LogP contribution in [0.3, 0.4) is 0 Å². The standard InChI is InChI=1S/C27H37N3O6/c1-30(2)19-11-9-18(10-12-19)17-28-29-24(31)22-20-21(34-26(33-20)13-5-3-6-14-26)23-25(32-22)36-27(35-23)15-7-4-8-16-27/h9-12,17,20-23,25H,3-8,13-16H2,1-2H3,(H,29,31)/b28-17+/t20-,21-,22+,23+,25+/m0/s1. The lowest BCUT2D eigenvalue weighted by atomic mass is 9.94. The summed E-state index contributed by atoms with van der Waals surface area (Å²) >= 11 is 0. The molecule has 9 nitrogen and oxygen atoms in total. The molecule has 1 aromatic carbocycles. The molecule has 9 heteroatoms. The molecular weight excluding hydrogens is 462 g/mol. The number of hydrazone groups is 1. The van der Waals surface area contributed by atoms with E-state index in [2.05, 4.69) is 10.5 Å². The van der Waals surface area contributed by atoms with E-state index in [0.717, 1.165) is 62.6 Å². The van der Waals surface area contributed by atoms with Crippen molar-refractivity contribution in [3.63, 3.8) is 0 Å². The fourth-order valence-corrected chi connectivity index (χ4v) is 6.26. The van der Waals surface area contributed by atoms with Crippen molar-refractivity contribution in [2.45, 2.75) is 106 Å². The van der Waals surface area contributed by atoms with Gasteiger partial charge in [-0.05, 0) is 43.4 Å². The van der Waals surface area contributed by atoms with Gasteiger partial charge in [0.05, 0.1) is 6.21 Å². The highest BCUT2D eigenvalue weighted by atomic mass is 16.9. The number of fused-ring (bicyclic) bond motifs is 3. The summed E-state index contributed by atoms with van der Waals surface area (Å²) in [6.45, 7) is 0. The van der Waals surface area contributed by atoms with Gasteiger partial charge in [-0.25, -0.2) is 5.43 Å². The third kappa shape index (κ3) is 4.56. The highest BCUT2D eigenvalue weighted by molar-refractivity contribution is 5.85. The average Bonchev–Trinajstić information content (AvgIpc) is 3.42. The maximum atomic E-state index is 13.3. The van der Waals surface area contributed by atoms with E-state index in [1.54, 1.807) is 6.21 Å². The molecule has 1 N–H and O–H groups in total. The predicted octanol–water partition coefficient (Wildman–Crippen LogP) is 3.45. The van der Waals surface area contributed by atoms with Crippen molar-refractivity contribution < 1.29 is 28.5 Å². The summed E-state index contributed by atoms with van der Waals surface area (Å²) in [5.41, 5.74) is 4.64. The highest BCUT2D eigenvalue weighted by Gasteiger charge is 2.65. The van der Waals surface area contributed by atoms with Crippen LogP contribution in [0.5, 0.6) is 0 Å². The van der Waals surface area contributed by atoms with Crippen molar-refractivity contribution in [1.82, 2.24) is 5.43 Å². The van der Waals surface area contributed by atoms with Gasteiger partial charge in [-0.15, -0.1) is 0 Å². The Labute approximate surface area is 212 Å². The predicted molar refractivity (Wildman–Crippen MR) is 133 cm³/mol. The van der Waals surface area contributed by atoms with Crippen LogP contribution in [0.2, 0.25) is 0 Å². The maximum absolute atomic E-state index is 13.3. The Kier molecular flexibility index (Phi) is 6.54. The number of nitrogens with zero attached hydrogens (tertiary/aromatic N) is 2. The SMILES string of the molecule is CN(C)c1ccc(/C=N/NC(=O)[C@@H]2O[C@@H]3OC4(CCCCC4)O[C@@H]3[C@H]3OC4(CCCCC4)O[C@@H]32)cc1. The summed E-state index contributed by atoms with van der Waals surface area (Å²) in [4.78, 5) is 15.3. The molecule has 3 aliphatic heterocycles. The first-order valence-electron chi connectivity index (χ1n) is 13.4. The van der Waals surface area contributed by atoms with Gasteiger partial charge in [-0.2, -0.15) is 5.10 Å². The average molecular weight is 500 g/mol. The topological polar surface area (TPSA) is 90.9 Å². The molecular formula is C27H37N3O6. The van der Waals surface area contributed by atoms with E-state index in [1.165, 1.54) is 12.8 Å². The Balaban J connectivity index is 1.19. The number of ether oxygens (including phenoxy) is 5. The zero-order valence-electron chi connectivity index (χ0n) is 21.2. The van der Waals surface area contributed by atoms with Crippen LogP contribution in [-0.2, 0) is 28.5 Å². The van der Waals surface area contributed by atoms with Crippen LogP contribution < -0.4 is 10.3 Å². The number of benzene rings is 1. The van der Waals surface area contributed by atoms with Gasteiger partial charge >= 0.3 is 0 Å². The molecule has 5 aliphatic rings. The van der Waals surface area contributed by atoms with Crippen LogP contribution in [0.4, 0.5) is 5.69 Å². The number of carbonyl (C=O) groups excluding carboxylic acids is 1. The molecule has 1 aromatic rings. The van der Waals surface area contributed by atoms with Crippen LogP contribution >= 0.6 is 0 Å². The second-order valence-electron chi connectivity index (χ2n) is 11.0. The van der Waals surface area contributed by atoms with E-state index < -0.39 is 42.3 Å². The smallest absolute Gasteiger partial charge is 0.272 e. The molecule has 3 heterocycles. The highest BCUT2D eigenvalue weighted by Crippen LogP contribution is 2.50. The fraction of sp³-hybridized carbons (Fsp3) is 0.704. The number of carbonyl (C=O) groups is 1. The Morgan fingerprint density at radius 1 is 0.861 bits per heavy atom. The van der Waals surface area contributed by atoms with Crippen molar-refractivity contribution in [3.8, 4) is 0 Å². The van der Waals surface area contributed by atoms with Crippen LogP contribution in [0.1, 0.15) is 69.8 Å². The van der Waals surface area contributed by atoms with Crippen molar-refractivity contribution in [2.75, 3.05) is 19.0 Å². The van der Waals surface area contributed by atoms with E-state index in [1.807, 2.05) is 43.3 Å². The Hall–Kier alpha value is -2.04. The third-order valence-corrected chi connectivity index (χ3v) is 8.17. The second-order valence-corrected chi connectivity index (χ2v) is 11.0. The van der Waals surface area contributed by atoms with Gasteiger partial charge in [-0.1, -0.05) is 25.0 Å². The first-order valence-corrected chi connectivity index (χ1v) is 13.4. The summed E-state index contributed by atoms with van der Waals surface area (Å²) in [5, 5.41) is 4.19. The zero-order chi connectivity index (χ0) is 24.8. The number of nitrogens with one attached hydrogen (secondary N) is 1. The van der Waals surface area contributed by atoms with Crippen molar-refractivity contribution >= 4 is 17.8 Å². The minimum atomic E-state index is -0.895. The number of amides is 1. The van der Waals surface area contributed by atoms with Gasteiger partial charge in [-0.3, -0.25) is 4.79 Å². The number of anilines is 1. The maximum Gasteiger partial charge on any atom is 0.272 e. The lowest BCUT2D eigenvalue weighted by Crippen LogP contribution is -2.59. The van der Waals surface area contributed by atoms with Crippen molar-refractivity contribution in [2.24, 2.45) is 5.10 Å². The molecule has 36 heavy (non-hydrogen) atoms. The largest absolute Gasteiger partial charge is 0.378 e. The van der Waals surface area contributed by atoms with Crippen LogP contribution in [0.25, 0.3) is 0 Å². The molecule has 1 amide bonds. The van der Waals surface area contributed by atoms with Crippen LogP contribution in [0, 0.1) is 0 Å². The van der Waals surface area contributed by atoms with Crippen molar-refractivity contribution in [3.05, 3.63) is 29.8 Å². The first kappa shape index (κ1) is 24.3. The van der Waals surface area contributed by atoms with Gasteiger partial charge in [0.15, 0.2) is 24.0 Å². The van der Waals surface area contributed by atoms with Gasteiger partial charge in [0, 0.05) is 45.5 Å². The van der Waals surface area contributed by atoms with E-state index in [-0.39, 0.29) is 5.91 Å². The molecule has 0 unspecified atom stereocenters. The third-order valence-electron chi connectivity index (χ3n) is 8.17. The first-order chi connectivity index (χ1) is 17.5. The quantitative estimate of drug-likeness (QED) is 0.501. The van der Waals surface area contributed by atoms with Gasteiger partial charge in [0.2, 0.25) is 0 Å². The number of hydrogen-bond acceptors (Lipinski definition) is 8. The molecule has 196 valence electrons. The summed E-state index contributed by atoms with van der Waals surface area (Å²) in [6.07, 6.45) is 8.54. The fourth-order valence-electron chi connectivity index (χ4n) is 6.26. The minimum absolute atomic E-state index is 0.366. The molecule has 6 rings (SSSR count). The van der Waals surface area contributed by atoms with Gasteiger partial charge < -0.3 is 28.6 Å². The summed E-state index contributed by atoms with van der Waals surface area (Å²) < 4.78 is 32.2. The molecule has 5 fully saturated rings. The second kappa shape index (κ2) is 9.68. The monoisotopic (exact) mass is 499 g/mol. The van der Waals surface area contributed by atoms with Crippen molar-refractivity contribution in [1.29, 1.82) is 0 Å². The Morgan fingerprint density at radius 2 is 1.44 bits per heavy atom. The molecule has 0 aromatic heterocycles. The molecule has 2 aliphatic carbocycles. The minimum Gasteiger partial charge on any atom is -0.378 e. The lowest BCUT2D eigenvalue weighted by Gasteiger charge is -2.36. The number of hydrogen-bond donors (Lipinski definition) is 1. The van der Waals surface area contributed by atoms with Crippen LogP contribution in [-0.4, -0.2) is 68.5 Å². The molecule has 0 radical (unpaired) electrons. The molecule has 2 saturated carbocycles. The van der Waals surface area contributed by atoms with E-state index in [4.69, 9.17) is 23.7 Å². The van der Waals surface area contributed by atoms with Crippen LogP contribution in [0.15, 0.2) is 29.4 Å². The zero-order valence-corrected chi connectivity index (χ0v) is 21.2. The molecule has 5 atom stereocenters. The normalized spacial score (nSPS) is 34.6. The van der Waals surface area contributed by atoms with E-state index >= 15 is 0 Å². The lowest BCUT2D eigenvalue weighted by molar-refractivity contribution is -0.247. The summed E-state index contributed by atoms with van der Waals surface area (Å²) in [5.74, 6) is -1.69. The Bertz CT molecular complexity index is 970. The number of rotatable bonds is 4. The molecule has 3 saturated heterocycles. The van der Waals surface area contributed by atoms with Gasteiger partial charge in [0.1, 0.15) is 18.3 Å². The molecule has 0 bridgehead atoms. The summed E-state index contributed by atoms with van der Waals surface area (Å²) in [6, 6.07) is 7.92. The Morgan fingerprint density at radius 3 is 2.08 bits per heavy atom. The van der Waals surface area contributed by atoms with Gasteiger partial charge in [0.25, 0.3) is 5.91 Å².